The van der Waals surface area contributed by atoms with E-state index in [9.17, 15) is 4.79 Å². The van der Waals surface area contributed by atoms with Gasteiger partial charge in [-0.15, -0.1) is 11.3 Å². The Kier molecular flexibility index (Phi) is 4.29. The lowest BCUT2D eigenvalue weighted by Gasteiger charge is -2.33. The molecule has 23 heavy (non-hydrogen) atoms. The summed E-state index contributed by atoms with van der Waals surface area (Å²) in [7, 11) is 0. The van der Waals surface area contributed by atoms with E-state index in [1.807, 2.05) is 11.8 Å². The zero-order chi connectivity index (χ0) is 16.7. The SMILES string of the molecule is CCN1CCN(C(=O)c2sc3nc(C)c(C)c(C)c3c2N)CC1. The largest absolute Gasteiger partial charge is 0.397 e. The van der Waals surface area contributed by atoms with Crippen LogP contribution in [0.15, 0.2) is 0 Å². The van der Waals surface area contributed by atoms with Crippen LogP contribution in [0.25, 0.3) is 10.2 Å². The fourth-order valence-corrected chi connectivity index (χ4v) is 4.31. The zero-order valence-corrected chi connectivity index (χ0v) is 15.1. The van der Waals surface area contributed by atoms with Crippen LogP contribution in [0.4, 0.5) is 5.69 Å². The molecule has 1 amide bonds. The number of carbonyl (C=O) groups excluding carboxylic acids is 1. The first-order chi connectivity index (χ1) is 10.9. The Hall–Kier alpha value is -1.66. The minimum atomic E-state index is 0.0518. The second kappa shape index (κ2) is 6.09. The number of nitrogen functional groups attached to an aromatic ring is 1. The van der Waals surface area contributed by atoms with E-state index in [0.717, 1.165) is 59.8 Å². The van der Waals surface area contributed by atoms with Crippen molar-refractivity contribution < 1.29 is 4.79 Å². The number of anilines is 1. The standard InChI is InChI=1S/C17H24N4OS/c1-5-20-6-8-21(9-7-20)17(22)15-14(18)13-11(3)10(2)12(4)19-16(13)23-15/h5-9,18H2,1-4H3. The first kappa shape index (κ1) is 16.2. The molecule has 2 N–H and O–H groups in total. The molecular formula is C17H24N4OS. The van der Waals surface area contributed by atoms with Crippen molar-refractivity contribution in [2.24, 2.45) is 0 Å². The van der Waals surface area contributed by atoms with Crippen molar-refractivity contribution in [3.8, 4) is 0 Å². The summed E-state index contributed by atoms with van der Waals surface area (Å²) in [5, 5.41) is 0.952. The normalized spacial score (nSPS) is 16.3. The molecule has 1 aliphatic rings. The second-order valence-electron chi connectivity index (χ2n) is 6.20. The van der Waals surface area contributed by atoms with E-state index in [1.165, 1.54) is 11.3 Å². The molecule has 1 fully saturated rings. The Morgan fingerprint density at radius 3 is 2.43 bits per heavy atom. The molecule has 0 aliphatic carbocycles. The number of amides is 1. The number of hydrogen-bond acceptors (Lipinski definition) is 5. The van der Waals surface area contributed by atoms with Gasteiger partial charge in [0.05, 0.1) is 5.69 Å². The average Bonchev–Trinajstić information content (AvgIpc) is 2.88. The van der Waals surface area contributed by atoms with Crippen LogP contribution >= 0.6 is 11.3 Å². The molecule has 0 spiro atoms. The lowest BCUT2D eigenvalue weighted by Crippen LogP contribution is -2.48. The van der Waals surface area contributed by atoms with Gasteiger partial charge in [-0.05, 0) is 38.4 Å². The van der Waals surface area contributed by atoms with Gasteiger partial charge in [0.25, 0.3) is 5.91 Å². The molecular weight excluding hydrogens is 308 g/mol. The smallest absolute Gasteiger partial charge is 0.266 e. The molecule has 3 heterocycles. The number of hydrogen-bond donors (Lipinski definition) is 1. The molecule has 6 heteroatoms. The van der Waals surface area contributed by atoms with Crippen LogP contribution < -0.4 is 5.73 Å². The Bertz CT molecular complexity index is 760. The number of thiophene rings is 1. The van der Waals surface area contributed by atoms with Gasteiger partial charge in [-0.3, -0.25) is 4.79 Å². The van der Waals surface area contributed by atoms with Crippen molar-refractivity contribution in [2.75, 3.05) is 38.5 Å². The predicted molar refractivity (Wildman–Crippen MR) is 96.3 cm³/mol. The van der Waals surface area contributed by atoms with Crippen LogP contribution in [0.3, 0.4) is 0 Å². The third-order valence-corrected chi connectivity index (χ3v) is 6.06. The lowest BCUT2D eigenvalue weighted by atomic mass is 10.1. The van der Waals surface area contributed by atoms with E-state index in [-0.39, 0.29) is 5.91 Å². The average molecular weight is 332 g/mol. The van der Waals surface area contributed by atoms with Crippen molar-refractivity contribution in [3.63, 3.8) is 0 Å². The summed E-state index contributed by atoms with van der Waals surface area (Å²) in [6.45, 7) is 12.7. The van der Waals surface area contributed by atoms with Crippen molar-refractivity contribution in [1.29, 1.82) is 0 Å². The van der Waals surface area contributed by atoms with Gasteiger partial charge < -0.3 is 15.5 Å². The molecule has 0 radical (unpaired) electrons. The third-order valence-electron chi connectivity index (χ3n) is 4.98. The van der Waals surface area contributed by atoms with Crippen LogP contribution in [-0.2, 0) is 0 Å². The highest BCUT2D eigenvalue weighted by Crippen LogP contribution is 2.37. The van der Waals surface area contributed by atoms with Crippen LogP contribution in [-0.4, -0.2) is 53.4 Å². The summed E-state index contributed by atoms with van der Waals surface area (Å²) >= 11 is 1.43. The Labute approximate surface area is 141 Å². The van der Waals surface area contributed by atoms with Crippen LogP contribution in [0.2, 0.25) is 0 Å². The molecule has 2 aromatic rings. The molecule has 0 aromatic carbocycles. The molecule has 0 unspecified atom stereocenters. The molecule has 0 atom stereocenters. The maximum absolute atomic E-state index is 12.9. The van der Waals surface area contributed by atoms with E-state index in [1.54, 1.807) is 0 Å². The van der Waals surface area contributed by atoms with Crippen LogP contribution in [0.5, 0.6) is 0 Å². The predicted octanol–water partition coefficient (Wildman–Crippen LogP) is 2.58. The summed E-state index contributed by atoms with van der Waals surface area (Å²) in [5.74, 6) is 0.0518. The number of fused-ring (bicyclic) bond motifs is 1. The van der Waals surface area contributed by atoms with Crippen LogP contribution in [0.1, 0.15) is 33.4 Å². The van der Waals surface area contributed by atoms with Crippen molar-refractivity contribution in [2.45, 2.75) is 27.7 Å². The van der Waals surface area contributed by atoms with Crippen molar-refractivity contribution >= 4 is 33.1 Å². The van der Waals surface area contributed by atoms with Gasteiger partial charge in [0.15, 0.2) is 0 Å². The van der Waals surface area contributed by atoms with E-state index >= 15 is 0 Å². The number of piperazine rings is 1. The van der Waals surface area contributed by atoms with Crippen molar-refractivity contribution in [3.05, 3.63) is 21.7 Å². The Morgan fingerprint density at radius 1 is 1.17 bits per heavy atom. The lowest BCUT2D eigenvalue weighted by molar-refractivity contribution is 0.0649. The number of rotatable bonds is 2. The molecule has 0 bridgehead atoms. The first-order valence-corrected chi connectivity index (χ1v) is 8.93. The third kappa shape index (κ3) is 2.70. The zero-order valence-electron chi connectivity index (χ0n) is 14.3. The molecule has 1 saturated heterocycles. The van der Waals surface area contributed by atoms with Gasteiger partial charge in [-0.1, -0.05) is 6.92 Å². The minimum Gasteiger partial charge on any atom is -0.397 e. The van der Waals surface area contributed by atoms with Gasteiger partial charge >= 0.3 is 0 Å². The molecule has 5 nitrogen and oxygen atoms in total. The van der Waals surface area contributed by atoms with Gasteiger partial charge in [-0.25, -0.2) is 4.98 Å². The van der Waals surface area contributed by atoms with Crippen molar-refractivity contribution in [1.82, 2.24) is 14.8 Å². The summed E-state index contributed by atoms with van der Waals surface area (Å²) in [4.78, 5) is 23.3. The molecule has 2 aromatic heterocycles. The summed E-state index contributed by atoms with van der Waals surface area (Å²) in [6, 6.07) is 0. The number of aromatic nitrogens is 1. The fraction of sp³-hybridized carbons (Fsp3) is 0.529. The molecule has 124 valence electrons. The highest BCUT2D eigenvalue weighted by molar-refractivity contribution is 7.21. The summed E-state index contributed by atoms with van der Waals surface area (Å²) in [5.41, 5.74) is 10.2. The number of nitrogens with zero attached hydrogens (tertiary/aromatic N) is 3. The van der Waals surface area contributed by atoms with E-state index in [2.05, 4.69) is 30.7 Å². The fourth-order valence-electron chi connectivity index (χ4n) is 3.14. The van der Waals surface area contributed by atoms with Crippen LogP contribution in [0, 0.1) is 20.8 Å². The number of pyridine rings is 1. The topological polar surface area (TPSA) is 62.5 Å². The number of likely N-dealkylation sites (N-methyl/N-ethyl adjacent to an activating group) is 1. The van der Waals surface area contributed by atoms with Gasteiger partial charge in [0.1, 0.15) is 9.71 Å². The molecule has 3 rings (SSSR count). The number of nitrogens with two attached hydrogens (primary N) is 1. The van der Waals surface area contributed by atoms with Gasteiger partial charge in [-0.2, -0.15) is 0 Å². The monoisotopic (exact) mass is 332 g/mol. The second-order valence-corrected chi connectivity index (χ2v) is 7.20. The highest BCUT2D eigenvalue weighted by Gasteiger charge is 2.26. The Balaban J connectivity index is 1.96. The molecule has 1 aliphatic heterocycles. The van der Waals surface area contributed by atoms with E-state index < -0.39 is 0 Å². The van der Waals surface area contributed by atoms with Gasteiger partial charge in [0.2, 0.25) is 0 Å². The maximum atomic E-state index is 12.9. The maximum Gasteiger partial charge on any atom is 0.266 e. The first-order valence-electron chi connectivity index (χ1n) is 8.11. The highest BCUT2D eigenvalue weighted by atomic mass is 32.1. The number of aryl methyl sites for hydroxylation is 2. The number of carbonyl (C=O) groups is 1. The quantitative estimate of drug-likeness (QED) is 0.918. The van der Waals surface area contributed by atoms with E-state index in [0.29, 0.717) is 10.6 Å². The van der Waals surface area contributed by atoms with E-state index in [4.69, 9.17) is 5.73 Å². The Morgan fingerprint density at radius 2 is 1.83 bits per heavy atom. The summed E-state index contributed by atoms with van der Waals surface area (Å²) in [6.07, 6.45) is 0. The minimum absolute atomic E-state index is 0.0518. The summed E-state index contributed by atoms with van der Waals surface area (Å²) < 4.78 is 0. The van der Waals surface area contributed by atoms with Gasteiger partial charge in [0, 0.05) is 37.3 Å². The molecule has 0 saturated carbocycles.